The average molecular weight is 296 g/mol. The fourth-order valence-corrected chi connectivity index (χ4v) is 2.73. The molecule has 0 heterocycles. The molecule has 0 radical (unpaired) electrons. The molecule has 0 spiro atoms. The van der Waals surface area contributed by atoms with Gasteiger partial charge in [0, 0.05) is 16.3 Å². The highest BCUT2D eigenvalue weighted by Gasteiger charge is 2.12. The Hall–Kier alpha value is -0.790. The molecule has 0 bridgehead atoms. The lowest BCUT2D eigenvalue weighted by Crippen LogP contribution is -2.01. The van der Waals surface area contributed by atoms with E-state index in [-0.39, 0.29) is 0 Å². The lowest BCUT2D eigenvalue weighted by Gasteiger charge is -2.15. The van der Waals surface area contributed by atoms with Gasteiger partial charge in [-0.3, -0.25) is 0 Å². The Balaban J connectivity index is 2.37. The van der Waals surface area contributed by atoms with Crippen LogP contribution in [0.2, 0.25) is 5.02 Å². The summed E-state index contributed by atoms with van der Waals surface area (Å²) >= 11 is 9.59. The van der Waals surface area contributed by atoms with Gasteiger partial charge < -0.3 is 0 Å². The zero-order valence-electron chi connectivity index (χ0n) is 8.74. The van der Waals surface area contributed by atoms with Gasteiger partial charge >= 0.3 is 0 Å². The van der Waals surface area contributed by atoms with E-state index < -0.39 is 0 Å². The molecule has 1 unspecified atom stereocenters. The Morgan fingerprint density at radius 3 is 2.25 bits per heavy atom. The van der Waals surface area contributed by atoms with Crippen LogP contribution in [0.4, 0.5) is 0 Å². The van der Waals surface area contributed by atoms with Crippen molar-refractivity contribution < 1.29 is 0 Å². The average Bonchev–Trinajstić information content (AvgIpc) is 2.31. The van der Waals surface area contributed by atoms with Gasteiger partial charge in [-0.15, -0.1) is 0 Å². The summed E-state index contributed by atoms with van der Waals surface area (Å²) < 4.78 is 0. The Labute approximate surface area is 109 Å². The van der Waals surface area contributed by atoms with Crippen LogP contribution in [-0.2, 0) is 0 Å². The lowest BCUT2D eigenvalue weighted by atomic mass is 9.93. The maximum Gasteiger partial charge on any atom is 0.0408 e. The second-order valence-corrected chi connectivity index (χ2v) is 4.76. The third-order valence-electron chi connectivity index (χ3n) is 2.61. The second kappa shape index (κ2) is 5.51. The molecule has 0 fully saturated rings. The van der Waals surface area contributed by atoms with Crippen LogP contribution in [-0.4, -0.2) is 5.33 Å². The molecule has 0 nitrogen and oxygen atoms in total. The van der Waals surface area contributed by atoms with Crippen molar-refractivity contribution in [2.75, 3.05) is 5.33 Å². The third kappa shape index (κ3) is 2.66. The van der Waals surface area contributed by atoms with Crippen molar-refractivity contribution >= 4 is 27.5 Å². The standard InChI is InChI=1S/C14H12BrCl/c15-10-14(11-5-2-1-3-6-11)12-7-4-8-13(16)9-12/h1-9,14H,10H2. The molecule has 2 aromatic rings. The Morgan fingerprint density at radius 1 is 0.938 bits per heavy atom. The predicted octanol–water partition coefficient (Wildman–Crippen LogP) is 4.87. The van der Waals surface area contributed by atoms with Gasteiger partial charge in [-0.1, -0.05) is 70.0 Å². The number of benzene rings is 2. The first-order valence-electron chi connectivity index (χ1n) is 5.17. The summed E-state index contributed by atoms with van der Waals surface area (Å²) in [6.45, 7) is 0. The molecule has 16 heavy (non-hydrogen) atoms. The van der Waals surface area contributed by atoms with Crippen molar-refractivity contribution in [1.82, 2.24) is 0 Å². The summed E-state index contributed by atoms with van der Waals surface area (Å²) in [6, 6.07) is 18.5. The largest absolute Gasteiger partial charge is 0.0918 e. The van der Waals surface area contributed by atoms with Crippen LogP contribution in [0.1, 0.15) is 17.0 Å². The van der Waals surface area contributed by atoms with Crippen molar-refractivity contribution in [1.29, 1.82) is 0 Å². The van der Waals surface area contributed by atoms with E-state index >= 15 is 0 Å². The van der Waals surface area contributed by atoms with Crippen LogP contribution in [0.3, 0.4) is 0 Å². The molecule has 1 atom stereocenters. The van der Waals surface area contributed by atoms with Gasteiger partial charge in [0.05, 0.1) is 0 Å². The van der Waals surface area contributed by atoms with Gasteiger partial charge in [0.25, 0.3) is 0 Å². The van der Waals surface area contributed by atoms with Crippen LogP contribution in [0, 0.1) is 0 Å². The maximum absolute atomic E-state index is 6.02. The number of hydrogen-bond donors (Lipinski definition) is 0. The van der Waals surface area contributed by atoms with Crippen molar-refractivity contribution in [2.45, 2.75) is 5.92 Å². The molecule has 0 aliphatic carbocycles. The fourth-order valence-electron chi connectivity index (χ4n) is 1.78. The summed E-state index contributed by atoms with van der Waals surface area (Å²) in [5, 5.41) is 1.69. The maximum atomic E-state index is 6.02. The normalized spacial score (nSPS) is 12.4. The van der Waals surface area contributed by atoms with Crippen molar-refractivity contribution in [3.8, 4) is 0 Å². The topological polar surface area (TPSA) is 0 Å². The van der Waals surface area contributed by atoms with E-state index in [9.17, 15) is 0 Å². The van der Waals surface area contributed by atoms with Gasteiger partial charge in [0.1, 0.15) is 0 Å². The molecule has 2 rings (SSSR count). The molecule has 0 N–H and O–H groups in total. The number of hydrogen-bond acceptors (Lipinski definition) is 0. The Bertz CT molecular complexity index is 453. The minimum Gasteiger partial charge on any atom is -0.0918 e. The summed E-state index contributed by atoms with van der Waals surface area (Å²) in [4.78, 5) is 0. The molecule has 0 saturated carbocycles. The monoisotopic (exact) mass is 294 g/mol. The van der Waals surface area contributed by atoms with Crippen molar-refractivity contribution in [2.24, 2.45) is 0 Å². The smallest absolute Gasteiger partial charge is 0.0408 e. The van der Waals surface area contributed by atoms with E-state index in [1.807, 2.05) is 24.3 Å². The molecule has 2 aromatic carbocycles. The summed E-state index contributed by atoms with van der Waals surface area (Å²) in [5.41, 5.74) is 2.55. The highest BCUT2D eigenvalue weighted by Crippen LogP contribution is 2.27. The van der Waals surface area contributed by atoms with Gasteiger partial charge in [-0.05, 0) is 23.3 Å². The first-order valence-corrected chi connectivity index (χ1v) is 6.67. The fraction of sp³-hybridized carbons (Fsp3) is 0.143. The lowest BCUT2D eigenvalue weighted by molar-refractivity contribution is 0.945. The van der Waals surface area contributed by atoms with Crippen molar-refractivity contribution in [3.63, 3.8) is 0 Å². The molecule has 0 aliphatic heterocycles. The Morgan fingerprint density at radius 2 is 1.62 bits per heavy atom. The van der Waals surface area contributed by atoms with E-state index in [0.717, 1.165) is 10.4 Å². The van der Waals surface area contributed by atoms with Crippen molar-refractivity contribution in [3.05, 3.63) is 70.7 Å². The van der Waals surface area contributed by atoms with Crippen LogP contribution >= 0.6 is 27.5 Å². The van der Waals surface area contributed by atoms with Crippen LogP contribution in [0.25, 0.3) is 0 Å². The van der Waals surface area contributed by atoms with Gasteiger partial charge in [0.2, 0.25) is 0 Å². The molecular weight excluding hydrogens is 284 g/mol. The highest BCUT2D eigenvalue weighted by atomic mass is 79.9. The van der Waals surface area contributed by atoms with Crippen LogP contribution in [0.5, 0.6) is 0 Å². The molecule has 2 heteroatoms. The first-order chi connectivity index (χ1) is 7.81. The van der Waals surface area contributed by atoms with Gasteiger partial charge in [0.15, 0.2) is 0 Å². The molecule has 0 aliphatic rings. The van der Waals surface area contributed by atoms with E-state index in [1.165, 1.54) is 11.1 Å². The first kappa shape index (κ1) is 11.7. The minimum atomic E-state index is 0.361. The number of rotatable bonds is 3. The third-order valence-corrected chi connectivity index (χ3v) is 3.49. The van der Waals surface area contributed by atoms with E-state index in [2.05, 4.69) is 46.3 Å². The van der Waals surface area contributed by atoms with Crippen LogP contribution < -0.4 is 0 Å². The zero-order chi connectivity index (χ0) is 11.4. The summed E-state index contributed by atoms with van der Waals surface area (Å²) in [6.07, 6.45) is 0. The predicted molar refractivity (Wildman–Crippen MR) is 73.5 cm³/mol. The quantitative estimate of drug-likeness (QED) is 0.709. The van der Waals surface area contributed by atoms with E-state index in [4.69, 9.17) is 11.6 Å². The number of alkyl halides is 1. The van der Waals surface area contributed by atoms with Crippen LogP contribution in [0.15, 0.2) is 54.6 Å². The number of halogens is 2. The minimum absolute atomic E-state index is 0.361. The SMILES string of the molecule is Clc1cccc(C(CBr)c2ccccc2)c1. The van der Waals surface area contributed by atoms with E-state index in [0.29, 0.717) is 5.92 Å². The van der Waals surface area contributed by atoms with Gasteiger partial charge in [-0.2, -0.15) is 0 Å². The van der Waals surface area contributed by atoms with Gasteiger partial charge in [-0.25, -0.2) is 0 Å². The molecule has 0 amide bonds. The zero-order valence-corrected chi connectivity index (χ0v) is 11.1. The molecule has 0 saturated heterocycles. The molecular formula is C14H12BrCl. The van der Waals surface area contributed by atoms with E-state index in [1.54, 1.807) is 0 Å². The molecule has 82 valence electrons. The highest BCUT2D eigenvalue weighted by molar-refractivity contribution is 9.09. The Kier molecular flexibility index (Phi) is 4.03. The second-order valence-electron chi connectivity index (χ2n) is 3.67. The summed E-state index contributed by atoms with van der Waals surface area (Å²) in [7, 11) is 0. The summed E-state index contributed by atoms with van der Waals surface area (Å²) in [5.74, 6) is 0.361. The molecule has 0 aromatic heterocycles.